The van der Waals surface area contributed by atoms with Crippen LogP contribution in [0.5, 0.6) is 0 Å². The van der Waals surface area contributed by atoms with E-state index < -0.39 is 79.1 Å². The van der Waals surface area contributed by atoms with Gasteiger partial charge in [-0.1, -0.05) is 20.8 Å². The van der Waals surface area contributed by atoms with Crippen LogP contribution in [0.25, 0.3) is 0 Å². The molecule has 0 aromatic heterocycles. The SMILES string of the molecule is CC[C@H]1OC(=O)[C@H](C)[C@@H](O)[C@H](C)[C@@H](O[C@@H]2O[C@H](C)C[C@H](N(C)C)[C@H]2O)[C@](C)(O)C[C@@H](C)CN(C(=O)CCCCCCCCCCCCC[PH](c2cccc(C)c2)(c2cccc(C)c2)c2cccc(C)c2)[C@H](C)[C@@H](O)[C@]1(C)O. The molecule has 0 bridgehead atoms. The van der Waals surface area contributed by atoms with Crippen LogP contribution in [-0.4, -0.2) is 140 Å². The van der Waals surface area contributed by atoms with E-state index in [9.17, 15) is 35.1 Å². The predicted octanol–water partition coefficient (Wildman–Crippen LogP) is 9.21. The van der Waals surface area contributed by atoms with E-state index in [0.717, 1.165) is 25.7 Å². The van der Waals surface area contributed by atoms with Crippen molar-refractivity contribution >= 4 is 35.1 Å². The molecule has 0 saturated carbocycles. The summed E-state index contributed by atoms with van der Waals surface area (Å²) in [6, 6.07) is 26.6. The number of hydrogen-bond acceptors (Lipinski definition) is 11. The van der Waals surface area contributed by atoms with Crippen LogP contribution in [0.4, 0.5) is 0 Å². The molecular formula is C64H103N2O10P. The molecule has 12 nitrogen and oxygen atoms in total. The van der Waals surface area contributed by atoms with Crippen LogP contribution in [0.2, 0.25) is 0 Å². The zero-order valence-corrected chi connectivity index (χ0v) is 50.5. The quantitative estimate of drug-likeness (QED) is 0.0392. The minimum atomic E-state index is -2.29. The summed E-state index contributed by atoms with van der Waals surface area (Å²) in [6.07, 6.45) is 6.73. The van der Waals surface area contributed by atoms with Gasteiger partial charge < -0.3 is 49.5 Å². The molecule has 2 fully saturated rings. The first-order valence-corrected chi connectivity index (χ1v) is 31.7. The summed E-state index contributed by atoms with van der Waals surface area (Å²) in [5.41, 5.74) is 0.323. The zero-order valence-electron chi connectivity index (χ0n) is 49.5. The number of ether oxygens (including phenoxy) is 3. The minimum absolute atomic E-state index is 0.0991. The molecule has 3 aromatic rings. The van der Waals surface area contributed by atoms with Gasteiger partial charge in [0.25, 0.3) is 0 Å². The second-order valence-electron chi connectivity index (χ2n) is 24.6. The van der Waals surface area contributed by atoms with Gasteiger partial charge in [0, 0.05) is 24.9 Å². The molecule has 0 spiro atoms. The molecule has 2 saturated heterocycles. The molecule has 77 heavy (non-hydrogen) atoms. The van der Waals surface area contributed by atoms with Gasteiger partial charge in [0.05, 0.1) is 35.9 Å². The van der Waals surface area contributed by atoms with Gasteiger partial charge in [-0.25, -0.2) is 0 Å². The number of carbonyl (C=O) groups is 2. The number of hydrogen-bond donors (Lipinski definition) is 5. The summed E-state index contributed by atoms with van der Waals surface area (Å²) in [4.78, 5) is 31.7. The topological polar surface area (TPSA) is 169 Å². The van der Waals surface area contributed by atoms with Gasteiger partial charge in [0.1, 0.15) is 23.9 Å². The van der Waals surface area contributed by atoms with Gasteiger partial charge in [0.2, 0.25) is 5.91 Å². The van der Waals surface area contributed by atoms with Crippen molar-refractivity contribution in [2.45, 2.75) is 239 Å². The standard InChI is InChI=1S/C64H103N2O10P/c1-14-55-64(11,73)59(70)50(9)66(42-46(5)41-63(10,72)60(48(7)57(68)49(8)61(71)75-55)76-62-58(69)54(65(12)13)40-47(6)74-62)56(67)35-24-22-20-18-16-15-17-19-21-23-25-36-77(51-32-26-29-43(2)37-51,52-33-27-30-44(3)38-52)53-34-28-31-45(4)39-53/h26-34,37-39,46-50,54-55,57-60,62,68-70,72-73,77H,14-25,35-36,40-42H2,1-13H3/t46-,47-,48+,49-,50-,54+,55-,57+,58-,59-,60-,62+,63-,64-/m1/s1. The number of unbranched alkanes of at least 4 members (excludes halogenated alkanes) is 10. The number of aryl methyl sites for hydroxylation is 3. The second kappa shape index (κ2) is 29.4. The van der Waals surface area contributed by atoms with Crippen molar-refractivity contribution in [2.24, 2.45) is 17.8 Å². The first-order chi connectivity index (χ1) is 36.3. The maximum Gasteiger partial charge on any atom is 0.126 e. The van der Waals surface area contributed by atoms with Crippen LogP contribution in [0.1, 0.15) is 168 Å². The molecule has 2 heterocycles. The minimum Gasteiger partial charge on any atom is -0.388 e. The number of benzene rings is 3. The van der Waals surface area contributed by atoms with E-state index in [1.807, 2.05) is 32.8 Å². The molecule has 13 heteroatoms. The van der Waals surface area contributed by atoms with Crippen LogP contribution in [0.3, 0.4) is 0 Å². The molecule has 5 rings (SSSR count). The van der Waals surface area contributed by atoms with E-state index in [2.05, 4.69) is 93.6 Å². The van der Waals surface area contributed by atoms with Crippen LogP contribution < -0.4 is 15.9 Å². The average molecular weight is 1090 g/mol. The number of aliphatic hydroxyl groups excluding tert-OH is 3. The van der Waals surface area contributed by atoms with Crippen molar-refractivity contribution in [1.29, 1.82) is 0 Å². The van der Waals surface area contributed by atoms with Gasteiger partial charge in [-0.15, -0.1) is 0 Å². The third kappa shape index (κ3) is 16.9. The molecule has 5 N–H and O–H groups in total. The summed E-state index contributed by atoms with van der Waals surface area (Å²) in [6.45, 7) is 20.3. The number of cyclic esters (lactones) is 1. The van der Waals surface area contributed by atoms with E-state index in [4.69, 9.17) is 14.2 Å². The van der Waals surface area contributed by atoms with E-state index in [1.165, 1.54) is 91.1 Å². The van der Waals surface area contributed by atoms with Crippen LogP contribution in [0, 0.1) is 38.5 Å². The number of carbonyl (C=O) groups excluding carboxylic acids is 2. The summed E-state index contributed by atoms with van der Waals surface area (Å²) in [5.74, 6) is -3.31. The first-order valence-electron chi connectivity index (χ1n) is 29.5. The number of esters is 1. The van der Waals surface area contributed by atoms with Crippen molar-refractivity contribution < 1.29 is 49.3 Å². The van der Waals surface area contributed by atoms with Gasteiger partial charge in [-0.05, 0) is 73.9 Å². The van der Waals surface area contributed by atoms with Crippen molar-refractivity contribution in [2.75, 3.05) is 26.8 Å². The van der Waals surface area contributed by atoms with Crippen molar-refractivity contribution in [3.8, 4) is 0 Å². The molecule has 2 aliphatic rings. The van der Waals surface area contributed by atoms with Gasteiger partial charge in [-0.3, -0.25) is 9.59 Å². The Hall–Kier alpha value is -3.29. The second-order valence-corrected chi connectivity index (χ2v) is 28.7. The Morgan fingerprint density at radius 1 is 0.740 bits per heavy atom. The van der Waals surface area contributed by atoms with Crippen LogP contribution in [0.15, 0.2) is 72.8 Å². The fraction of sp³-hybridized carbons (Fsp3) is 0.688. The van der Waals surface area contributed by atoms with E-state index in [0.29, 0.717) is 12.8 Å². The number of amides is 1. The summed E-state index contributed by atoms with van der Waals surface area (Å²) >= 11 is 0. The van der Waals surface area contributed by atoms with Gasteiger partial charge >= 0.3 is 216 Å². The molecule has 3 aromatic carbocycles. The van der Waals surface area contributed by atoms with Gasteiger partial charge in [0.15, 0.2) is 6.29 Å². The molecule has 0 aliphatic carbocycles. The number of aliphatic hydroxyl groups is 5. The summed E-state index contributed by atoms with van der Waals surface area (Å²) in [7, 11) is 1.46. The zero-order chi connectivity index (χ0) is 56.8. The number of nitrogens with zero attached hydrogens (tertiary/aromatic N) is 2. The third-order valence-corrected chi connectivity index (χ3v) is 22.5. The molecule has 0 unspecified atom stereocenters. The van der Waals surface area contributed by atoms with Crippen molar-refractivity contribution in [1.82, 2.24) is 9.80 Å². The van der Waals surface area contributed by atoms with Crippen molar-refractivity contribution in [3.05, 3.63) is 89.5 Å². The van der Waals surface area contributed by atoms with Gasteiger partial charge in [-0.2, -0.15) is 0 Å². The van der Waals surface area contributed by atoms with E-state index in [1.54, 1.807) is 32.6 Å². The Morgan fingerprint density at radius 2 is 1.22 bits per heavy atom. The molecular weight excluding hydrogens is 988 g/mol. The smallest absolute Gasteiger partial charge is 0.126 e. The normalized spacial score (nSPS) is 31.4. The fourth-order valence-corrected chi connectivity index (χ4v) is 18.1. The largest absolute Gasteiger partial charge is 0.388 e. The fourth-order valence-electron chi connectivity index (χ4n) is 12.9. The predicted molar refractivity (Wildman–Crippen MR) is 315 cm³/mol. The summed E-state index contributed by atoms with van der Waals surface area (Å²) in [5, 5.41) is 64.1. The Kier molecular flexibility index (Phi) is 24.7. The Balaban J connectivity index is 1.17. The third-order valence-electron chi connectivity index (χ3n) is 17.5. The molecule has 2 aliphatic heterocycles. The Morgan fingerprint density at radius 3 is 1.69 bits per heavy atom. The molecule has 14 atom stereocenters. The molecule has 434 valence electrons. The van der Waals surface area contributed by atoms with Crippen molar-refractivity contribution in [3.63, 3.8) is 0 Å². The molecule has 1 amide bonds. The Bertz CT molecular complexity index is 2180. The first kappa shape index (κ1) is 64.5. The van der Waals surface area contributed by atoms with E-state index >= 15 is 0 Å². The molecule has 0 radical (unpaired) electrons. The van der Waals surface area contributed by atoms with Crippen LogP contribution in [-0.2, 0) is 23.8 Å². The maximum atomic E-state index is 14.4. The monoisotopic (exact) mass is 1090 g/mol. The Labute approximate surface area is 465 Å². The number of rotatable bonds is 21. The summed E-state index contributed by atoms with van der Waals surface area (Å²) < 4.78 is 18.6. The maximum absolute atomic E-state index is 14.4. The number of likely N-dealkylation sites (N-methyl/N-ethyl adjacent to an activating group) is 1. The average Bonchev–Trinajstić information content (AvgIpc) is 3.38. The van der Waals surface area contributed by atoms with Crippen LogP contribution >= 0.6 is 7.26 Å². The van der Waals surface area contributed by atoms with E-state index in [-0.39, 0.29) is 49.8 Å².